The number of para-hydroxylation sites is 1. The Kier molecular flexibility index (Phi) is 5.53. The minimum atomic E-state index is -0.302. The number of anilines is 1. The summed E-state index contributed by atoms with van der Waals surface area (Å²) in [4.78, 5) is 12.1. The summed E-state index contributed by atoms with van der Waals surface area (Å²) in [7, 11) is 0. The first-order chi connectivity index (χ1) is 10.6. The Morgan fingerprint density at radius 2 is 1.68 bits per heavy atom. The highest BCUT2D eigenvalue weighted by Crippen LogP contribution is 2.22. The molecular formula is C18H21FN2O. The minimum absolute atomic E-state index is 0.278. The standard InChI is InChI=1S/C18H21FN2O/c1-3-14-8-6-9-15(4-2)17(14)21-18(22)20-12-13-7-5-10-16(19)11-13/h5-11H,3-4,12H2,1-2H3,(H2,20,21,22). The van der Waals surface area contributed by atoms with Crippen molar-refractivity contribution in [3.05, 3.63) is 65.0 Å². The number of halogens is 1. The van der Waals surface area contributed by atoms with Gasteiger partial charge in [0.15, 0.2) is 0 Å². The van der Waals surface area contributed by atoms with Crippen LogP contribution in [0, 0.1) is 5.82 Å². The van der Waals surface area contributed by atoms with E-state index in [1.54, 1.807) is 12.1 Å². The second-order valence-corrected chi connectivity index (χ2v) is 5.10. The SMILES string of the molecule is CCc1cccc(CC)c1NC(=O)NCc1cccc(F)c1. The van der Waals surface area contributed by atoms with Crippen LogP contribution in [0.1, 0.15) is 30.5 Å². The summed E-state index contributed by atoms with van der Waals surface area (Å²) in [6.45, 7) is 4.41. The average molecular weight is 300 g/mol. The molecule has 0 saturated carbocycles. The molecule has 22 heavy (non-hydrogen) atoms. The Balaban J connectivity index is 2.03. The van der Waals surface area contributed by atoms with E-state index in [0.29, 0.717) is 6.54 Å². The van der Waals surface area contributed by atoms with Crippen LogP contribution in [0.15, 0.2) is 42.5 Å². The third-order valence-electron chi connectivity index (χ3n) is 3.58. The molecule has 0 aliphatic heterocycles. The van der Waals surface area contributed by atoms with Gasteiger partial charge < -0.3 is 10.6 Å². The van der Waals surface area contributed by atoms with Crippen molar-refractivity contribution in [3.63, 3.8) is 0 Å². The Morgan fingerprint density at radius 1 is 1.05 bits per heavy atom. The Hall–Kier alpha value is -2.36. The van der Waals surface area contributed by atoms with Gasteiger partial charge in [-0.3, -0.25) is 0 Å². The van der Waals surface area contributed by atoms with Crippen LogP contribution in [0.25, 0.3) is 0 Å². The summed E-state index contributed by atoms with van der Waals surface area (Å²) in [6, 6.07) is 12.0. The normalized spacial score (nSPS) is 10.3. The molecule has 2 amide bonds. The van der Waals surface area contributed by atoms with Crippen LogP contribution < -0.4 is 10.6 Å². The number of hydrogen-bond acceptors (Lipinski definition) is 1. The lowest BCUT2D eigenvalue weighted by atomic mass is 10.0. The van der Waals surface area contributed by atoms with Gasteiger partial charge in [0.1, 0.15) is 5.82 Å². The van der Waals surface area contributed by atoms with Crippen molar-refractivity contribution in [2.75, 3.05) is 5.32 Å². The molecule has 0 fully saturated rings. The zero-order valence-corrected chi connectivity index (χ0v) is 12.9. The van der Waals surface area contributed by atoms with E-state index in [1.807, 2.05) is 18.2 Å². The Bertz CT molecular complexity index is 633. The number of nitrogens with one attached hydrogen (secondary N) is 2. The Labute approximate surface area is 130 Å². The maximum Gasteiger partial charge on any atom is 0.319 e. The topological polar surface area (TPSA) is 41.1 Å². The molecule has 0 heterocycles. The van der Waals surface area contributed by atoms with Gasteiger partial charge in [0.2, 0.25) is 0 Å². The van der Waals surface area contributed by atoms with Gasteiger partial charge in [-0.25, -0.2) is 9.18 Å². The largest absolute Gasteiger partial charge is 0.334 e. The van der Waals surface area contributed by atoms with E-state index in [-0.39, 0.29) is 11.8 Å². The molecule has 0 atom stereocenters. The van der Waals surface area contributed by atoms with Gasteiger partial charge in [-0.2, -0.15) is 0 Å². The van der Waals surface area contributed by atoms with Crippen molar-refractivity contribution < 1.29 is 9.18 Å². The number of rotatable bonds is 5. The van der Waals surface area contributed by atoms with Gasteiger partial charge in [-0.15, -0.1) is 0 Å². The molecule has 0 saturated heterocycles. The number of benzene rings is 2. The van der Waals surface area contributed by atoms with Crippen LogP contribution in [-0.4, -0.2) is 6.03 Å². The predicted molar refractivity (Wildman–Crippen MR) is 87.5 cm³/mol. The third kappa shape index (κ3) is 4.07. The quantitative estimate of drug-likeness (QED) is 0.850. The highest BCUT2D eigenvalue weighted by Gasteiger charge is 2.09. The number of urea groups is 1. The van der Waals surface area contributed by atoms with E-state index < -0.39 is 0 Å². The molecule has 2 aromatic rings. The smallest absolute Gasteiger partial charge is 0.319 e. The monoisotopic (exact) mass is 300 g/mol. The predicted octanol–water partition coefficient (Wildman–Crippen LogP) is 4.27. The lowest BCUT2D eigenvalue weighted by molar-refractivity contribution is 0.251. The molecule has 2 N–H and O–H groups in total. The lowest BCUT2D eigenvalue weighted by Gasteiger charge is -2.15. The maximum absolute atomic E-state index is 13.1. The summed E-state index contributed by atoms with van der Waals surface area (Å²) >= 11 is 0. The van der Waals surface area contributed by atoms with E-state index in [2.05, 4.69) is 24.5 Å². The highest BCUT2D eigenvalue weighted by molar-refractivity contribution is 5.91. The second-order valence-electron chi connectivity index (χ2n) is 5.10. The van der Waals surface area contributed by atoms with Gasteiger partial charge in [0.05, 0.1) is 0 Å². The van der Waals surface area contributed by atoms with Crippen LogP contribution in [0.4, 0.5) is 14.9 Å². The Morgan fingerprint density at radius 3 is 2.27 bits per heavy atom. The number of aryl methyl sites for hydroxylation is 2. The highest BCUT2D eigenvalue weighted by atomic mass is 19.1. The van der Waals surface area contributed by atoms with Crippen molar-refractivity contribution in [3.8, 4) is 0 Å². The molecule has 116 valence electrons. The summed E-state index contributed by atoms with van der Waals surface area (Å²) < 4.78 is 13.1. The summed E-state index contributed by atoms with van der Waals surface area (Å²) in [5, 5.41) is 5.68. The fourth-order valence-corrected chi connectivity index (χ4v) is 2.39. The van der Waals surface area contributed by atoms with E-state index >= 15 is 0 Å². The number of carbonyl (C=O) groups excluding carboxylic acids is 1. The molecule has 0 bridgehead atoms. The van der Waals surface area contributed by atoms with Crippen molar-refractivity contribution >= 4 is 11.7 Å². The van der Waals surface area contributed by atoms with Crippen LogP contribution >= 0.6 is 0 Å². The van der Waals surface area contributed by atoms with E-state index in [0.717, 1.165) is 35.2 Å². The van der Waals surface area contributed by atoms with Crippen molar-refractivity contribution in [1.29, 1.82) is 0 Å². The molecule has 0 aromatic heterocycles. The van der Waals surface area contributed by atoms with Crippen molar-refractivity contribution in [2.24, 2.45) is 0 Å². The zero-order chi connectivity index (χ0) is 15.9. The molecule has 2 rings (SSSR count). The fourth-order valence-electron chi connectivity index (χ4n) is 2.39. The van der Waals surface area contributed by atoms with E-state index in [4.69, 9.17) is 0 Å². The first kappa shape index (κ1) is 16.0. The van der Waals surface area contributed by atoms with Gasteiger partial charge in [0.25, 0.3) is 0 Å². The average Bonchev–Trinajstić information content (AvgIpc) is 2.53. The molecule has 0 aliphatic rings. The number of amides is 2. The van der Waals surface area contributed by atoms with Gasteiger partial charge in [-0.05, 0) is 41.7 Å². The molecule has 4 heteroatoms. The second kappa shape index (κ2) is 7.59. The zero-order valence-electron chi connectivity index (χ0n) is 12.9. The molecule has 0 unspecified atom stereocenters. The summed E-state index contributed by atoms with van der Waals surface area (Å²) in [5.74, 6) is -0.302. The van der Waals surface area contributed by atoms with Gasteiger partial charge >= 0.3 is 6.03 Å². The first-order valence-corrected chi connectivity index (χ1v) is 7.54. The van der Waals surface area contributed by atoms with E-state index in [9.17, 15) is 9.18 Å². The van der Waals surface area contributed by atoms with Crippen molar-refractivity contribution in [2.45, 2.75) is 33.2 Å². The van der Waals surface area contributed by atoms with Crippen LogP contribution in [-0.2, 0) is 19.4 Å². The summed E-state index contributed by atoms with van der Waals surface area (Å²) in [6.07, 6.45) is 1.71. The van der Waals surface area contributed by atoms with Gasteiger partial charge in [-0.1, -0.05) is 44.2 Å². The van der Waals surface area contributed by atoms with Crippen molar-refractivity contribution in [1.82, 2.24) is 5.32 Å². The maximum atomic E-state index is 13.1. The molecular weight excluding hydrogens is 279 g/mol. The molecule has 0 radical (unpaired) electrons. The van der Waals surface area contributed by atoms with E-state index in [1.165, 1.54) is 12.1 Å². The molecule has 3 nitrogen and oxygen atoms in total. The fraction of sp³-hybridized carbons (Fsp3) is 0.278. The molecule has 0 aliphatic carbocycles. The number of hydrogen-bond donors (Lipinski definition) is 2. The van der Waals surface area contributed by atoms with Crippen LogP contribution in [0.2, 0.25) is 0 Å². The third-order valence-corrected chi connectivity index (χ3v) is 3.58. The molecule has 0 spiro atoms. The first-order valence-electron chi connectivity index (χ1n) is 7.54. The van der Waals surface area contributed by atoms with Gasteiger partial charge in [0, 0.05) is 12.2 Å². The van der Waals surface area contributed by atoms with Crippen LogP contribution in [0.3, 0.4) is 0 Å². The lowest BCUT2D eigenvalue weighted by Crippen LogP contribution is -2.29. The number of carbonyl (C=O) groups is 1. The van der Waals surface area contributed by atoms with Crippen LogP contribution in [0.5, 0.6) is 0 Å². The molecule has 2 aromatic carbocycles. The summed E-state index contributed by atoms with van der Waals surface area (Å²) in [5.41, 5.74) is 3.83. The minimum Gasteiger partial charge on any atom is -0.334 e.